The zero-order valence-electron chi connectivity index (χ0n) is 9.64. The van der Waals surface area contributed by atoms with Crippen LogP contribution in [0, 0.1) is 11.3 Å². The Morgan fingerprint density at radius 2 is 2.41 bits per heavy atom. The number of thioether (sulfide) groups is 1. The molecule has 5 heteroatoms. The maximum absolute atomic E-state index is 11.7. The number of nitrogens with two attached hydrogens (primary N) is 1. The van der Waals surface area contributed by atoms with Gasteiger partial charge in [-0.05, 0) is 36.6 Å². The summed E-state index contributed by atoms with van der Waals surface area (Å²) in [5, 5.41) is 11.4. The predicted octanol–water partition coefficient (Wildman–Crippen LogP) is 1.58. The molecule has 1 amide bonds. The summed E-state index contributed by atoms with van der Waals surface area (Å²) >= 11 is 1.66. The molecule has 0 aliphatic rings. The van der Waals surface area contributed by atoms with Crippen molar-refractivity contribution in [2.45, 2.75) is 12.5 Å². The third-order valence-electron chi connectivity index (χ3n) is 2.23. The second kappa shape index (κ2) is 6.94. The molecule has 0 heterocycles. The Balaban J connectivity index is 2.58. The molecule has 3 N–H and O–H groups in total. The summed E-state index contributed by atoms with van der Waals surface area (Å²) in [6.07, 6.45) is 2.62. The van der Waals surface area contributed by atoms with Crippen molar-refractivity contribution in [2.24, 2.45) is 5.73 Å². The summed E-state index contributed by atoms with van der Waals surface area (Å²) in [5.41, 5.74) is 6.85. The molecule has 4 nitrogen and oxygen atoms in total. The molecule has 0 aliphatic heterocycles. The van der Waals surface area contributed by atoms with Crippen LogP contribution in [-0.4, -0.2) is 24.0 Å². The highest BCUT2D eigenvalue weighted by Gasteiger charge is 2.12. The lowest BCUT2D eigenvalue weighted by molar-refractivity contribution is -0.117. The molecule has 0 aromatic heterocycles. The van der Waals surface area contributed by atoms with E-state index >= 15 is 0 Å². The molecule has 0 saturated heterocycles. The number of benzene rings is 1. The van der Waals surface area contributed by atoms with Gasteiger partial charge in [-0.3, -0.25) is 4.79 Å². The van der Waals surface area contributed by atoms with Crippen LogP contribution in [0.1, 0.15) is 12.0 Å². The van der Waals surface area contributed by atoms with E-state index in [1.54, 1.807) is 36.0 Å². The fourth-order valence-corrected chi connectivity index (χ4v) is 1.77. The van der Waals surface area contributed by atoms with Crippen LogP contribution >= 0.6 is 11.8 Å². The van der Waals surface area contributed by atoms with Gasteiger partial charge in [-0.15, -0.1) is 0 Å². The predicted molar refractivity (Wildman–Crippen MR) is 70.8 cm³/mol. The van der Waals surface area contributed by atoms with E-state index in [0.29, 0.717) is 17.7 Å². The monoisotopic (exact) mass is 249 g/mol. The molecule has 0 unspecified atom stereocenters. The topological polar surface area (TPSA) is 78.9 Å². The SMILES string of the molecule is CSCC[C@H](N)C(=O)Nc1cccc(C#N)c1. The molecule has 17 heavy (non-hydrogen) atoms. The van der Waals surface area contributed by atoms with Crippen LogP contribution in [0.5, 0.6) is 0 Å². The molecule has 0 spiro atoms. The first-order valence-electron chi connectivity index (χ1n) is 5.23. The van der Waals surface area contributed by atoms with Crippen LogP contribution in [0.25, 0.3) is 0 Å². The quantitative estimate of drug-likeness (QED) is 0.830. The van der Waals surface area contributed by atoms with Crippen molar-refractivity contribution in [3.05, 3.63) is 29.8 Å². The summed E-state index contributed by atoms with van der Waals surface area (Å²) < 4.78 is 0. The number of rotatable bonds is 5. The minimum Gasteiger partial charge on any atom is -0.325 e. The standard InChI is InChI=1S/C12H15N3OS/c1-17-6-5-11(14)12(16)15-10-4-2-3-9(7-10)8-13/h2-4,7,11H,5-6,14H2,1H3,(H,15,16)/t11-/m0/s1. The summed E-state index contributed by atoms with van der Waals surface area (Å²) in [7, 11) is 0. The average Bonchev–Trinajstić information content (AvgIpc) is 2.36. The van der Waals surface area contributed by atoms with Crippen molar-refractivity contribution in [3.63, 3.8) is 0 Å². The number of nitrogens with zero attached hydrogens (tertiary/aromatic N) is 1. The Hall–Kier alpha value is -1.51. The smallest absolute Gasteiger partial charge is 0.241 e. The van der Waals surface area contributed by atoms with Gasteiger partial charge in [0.25, 0.3) is 0 Å². The Morgan fingerprint density at radius 3 is 3.06 bits per heavy atom. The van der Waals surface area contributed by atoms with Gasteiger partial charge in [-0.2, -0.15) is 17.0 Å². The van der Waals surface area contributed by atoms with Gasteiger partial charge in [0, 0.05) is 5.69 Å². The van der Waals surface area contributed by atoms with Crippen molar-refractivity contribution >= 4 is 23.4 Å². The van der Waals surface area contributed by atoms with E-state index in [-0.39, 0.29) is 5.91 Å². The van der Waals surface area contributed by atoms with Gasteiger partial charge < -0.3 is 11.1 Å². The lowest BCUT2D eigenvalue weighted by Crippen LogP contribution is -2.36. The highest BCUT2D eigenvalue weighted by atomic mass is 32.2. The third-order valence-corrected chi connectivity index (χ3v) is 2.87. The van der Waals surface area contributed by atoms with Gasteiger partial charge in [-0.25, -0.2) is 0 Å². The maximum Gasteiger partial charge on any atom is 0.241 e. The third kappa shape index (κ3) is 4.47. The van der Waals surface area contributed by atoms with Crippen molar-refractivity contribution < 1.29 is 4.79 Å². The first-order chi connectivity index (χ1) is 8.17. The van der Waals surface area contributed by atoms with Crippen molar-refractivity contribution in [1.82, 2.24) is 0 Å². The van der Waals surface area contributed by atoms with Crippen LogP contribution in [0.3, 0.4) is 0 Å². The second-order valence-electron chi connectivity index (χ2n) is 3.57. The normalized spacial score (nSPS) is 11.6. The van der Waals surface area contributed by atoms with E-state index < -0.39 is 6.04 Å². The Bertz CT molecular complexity index is 428. The van der Waals surface area contributed by atoms with Crippen LogP contribution in [0.4, 0.5) is 5.69 Å². The summed E-state index contributed by atoms with van der Waals surface area (Å²) in [4.78, 5) is 11.7. The van der Waals surface area contributed by atoms with Crippen molar-refractivity contribution in [3.8, 4) is 6.07 Å². The fourth-order valence-electron chi connectivity index (χ4n) is 1.28. The number of hydrogen-bond donors (Lipinski definition) is 2. The van der Waals surface area contributed by atoms with Crippen LogP contribution in [-0.2, 0) is 4.79 Å². The molecule has 1 aromatic rings. The number of nitriles is 1. The Kier molecular flexibility index (Phi) is 5.53. The van der Waals surface area contributed by atoms with E-state index in [1.165, 1.54) is 0 Å². The van der Waals surface area contributed by atoms with E-state index in [1.807, 2.05) is 12.3 Å². The number of nitrogens with one attached hydrogen (secondary N) is 1. The number of carbonyl (C=O) groups is 1. The summed E-state index contributed by atoms with van der Waals surface area (Å²) in [6, 6.07) is 8.28. The van der Waals surface area contributed by atoms with Crippen molar-refractivity contribution in [2.75, 3.05) is 17.3 Å². The number of amides is 1. The highest BCUT2D eigenvalue weighted by molar-refractivity contribution is 7.98. The molecule has 0 fully saturated rings. The number of hydrogen-bond acceptors (Lipinski definition) is 4. The first-order valence-corrected chi connectivity index (χ1v) is 6.62. The van der Waals surface area contributed by atoms with Gasteiger partial charge >= 0.3 is 0 Å². The van der Waals surface area contributed by atoms with Gasteiger partial charge in [0.2, 0.25) is 5.91 Å². The minimum atomic E-state index is -0.506. The molecule has 0 bridgehead atoms. The minimum absolute atomic E-state index is 0.214. The summed E-state index contributed by atoms with van der Waals surface area (Å²) in [5.74, 6) is 0.640. The lowest BCUT2D eigenvalue weighted by Gasteiger charge is -2.11. The van der Waals surface area contributed by atoms with Crippen molar-refractivity contribution in [1.29, 1.82) is 5.26 Å². The molecular weight excluding hydrogens is 234 g/mol. The molecule has 90 valence electrons. The Labute approximate surface area is 105 Å². The van der Waals surface area contributed by atoms with E-state index in [4.69, 9.17) is 11.0 Å². The maximum atomic E-state index is 11.7. The van der Waals surface area contributed by atoms with Gasteiger partial charge in [0.05, 0.1) is 17.7 Å². The summed E-state index contributed by atoms with van der Waals surface area (Å²) in [6.45, 7) is 0. The number of anilines is 1. The fraction of sp³-hybridized carbons (Fsp3) is 0.333. The largest absolute Gasteiger partial charge is 0.325 e. The average molecular weight is 249 g/mol. The second-order valence-corrected chi connectivity index (χ2v) is 4.56. The van der Waals surface area contributed by atoms with E-state index in [0.717, 1.165) is 5.75 Å². The van der Waals surface area contributed by atoms with Crippen LogP contribution in [0.2, 0.25) is 0 Å². The van der Waals surface area contributed by atoms with Gasteiger partial charge in [-0.1, -0.05) is 6.07 Å². The zero-order chi connectivity index (χ0) is 12.7. The molecule has 0 radical (unpaired) electrons. The van der Waals surface area contributed by atoms with E-state index in [2.05, 4.69) is 5.32 Å². The zero-order valence-corrected chi connectivity index (χ0v) is 10.5. The van der Waals surface area contributed by atoms with Crippen LogP contribution < -0.4 is 11.1 Å². The molecule has 0 saturated carbocycles. The van der Waals surface area contributed by atoms with E-state index in [9.17, 15) is 4.79 Å². The van der Waals surface area contributed by atoms with Gasteiger partial charge in [0.15, 0.2) is 0 Å². The molecule has 1 atom stereocenters. The molecule has 1 rings (SSSR count). The first kappa shape index (κ1) is 13.6. The van der Waals surface area contributed by atoms with Crippen LogP contribution in [0.15, 0.2) is 24.3 Å². The molecule has 1 aromatic carbocycles. The molecule has 0 aliphatic carbocycles. The highest BCUT2D eigenvalue weighted by Crippen LogP contribution is 2.10. The molecular formula is C12H15N3OS. The Morgan fingerprint density at radius 1 is 1.65 bits per heavy atom. The van der Waals surface area contributed by atoms with Gasteiger partial charge in [0.1, 0.15) is 0 Å². The number of carbonyl (C=O) groups excluding carboxylic acids is 1. The lowest BCUT2D eigenvalue weighted by atomic mass is 10.2.